The fourth-order valence-electron chi connectivity index (χ4n) is 2.66. The van der Waals surface area contributed by atoms with Crippen molar-refractivity contribution >= 4 is 30.0 Å². The summed E-state index contributed by atoms with van der Waals surface area (Å²) >= 11 is 0. The van der Waals surface area contributed by atoms with E-state index in [0.29, 0.717) is 12.2 Å². The third-order valence-corrected chi connectivity index (χ3v) is 3.96. The van der Waals surface area contributed by atoms with Crippen molar-refractivity contribution in [1.82, 2.24) is 10.6 Å². The molecule has 1 atom stereocenters. The molecule has 22 heavy (non-hydrogen) atoms. The van der Waals surface area contributed by atoms with Crippen molar-refractivity contribution in [3.63, 3.8) is 0 Å². The van der Waals surface area contributed by atoms with Gasteiger partial charge in [-0.1, -0.05) is 19.1 Å². The summed E-state index contributed by atoms with van der Waals surface area (Å²) in [6.45, 7) is 3.40. The molecule has 1 saturated heterocycles. The number of amides is 3. The minimum atomic E-state index is -0.590. The minimum Gasteiger partial charge on any atom is -0.351 e. The molecule has 7 heteroatoms. The third-order valence-electron chi connectivity index (χ3n) is 3.96. The standard InChI is InChI=1S/C15H22N4O2.ClH/c1-2-15(8-3-9-18-15)13(20)17-10-11-4-6-12(7-5-11)19-14(16)21;/h4-7,18H,2-3,8-10H2,1H3,(H,17,20)(H3,16,19,21);1H. The van der Waals surface area contributed by atoms with E-state index in [4.69, 9.17) is 5.73 Å². The number of primary amides is 1. The number of nitrogens with two attached hydrogens (primary N) is 1. The van der Waals surface area contributed by atoms with Crippen LogP contribution in [0, 0.1) is 0 Å². The lowest BCUT2D eigenvalue weighted by atomic mass is 9.93. The van der Waals surface area contributed by atoms with E-state index in [2.05, 4.69) is 16.0 Å². The van der Waals surface area contributed by atoms with E-state index in [1.807, 2.05) is 19.1 Å². The van der Waals surface area contributed by atoms with Crippen LogP contribution in [0.25, 0.3) is 0 Å². The van der Waals surface area contributed by atoms with Crippen molar-refractivity contribution < 1.29 is 9.59 Å². The van der Waals surface area contributed by atoms with Crippen LogP contribution >= 0.6 is 12.4 Å². The van der Waals surface area contributed by atoms with Gasteiger partial charge in [0.25, 0.3) is 0 Å². The number of hydrogen-bond donors (Lipinski definition) is 4. The molecule has 0 saturated carbocycles. The van der Waals surface area contributed by atoms with Crippen LogP contribution in [-0.2, 0) is 11.3 Å². The molecule has 122 valence electrons. The summed E-state index contributed by atoms with van der Waals surface area (Å²) in [4.78, 5) is 23.1. The Kier molecular flexibility index (Phi) is 6.64. The van der Waals surface area contributed by atoms with Gasteiger partial charge in [-0.2, -0.15) is 0 Å². The maximum Gasteiger partial charge on any atom is 0.316 e. The summed E-state index contributed by atoms with van der Waals surface area (Å²) in [5.41, 5.74) is 6.25. The van der Waals surface area contributed by atoms with Crippen LogP contribution in [0.4, 0.5) is 10.5 Å². The molecule has 1 aliphatic rings. The van der Waals surface area contributed by atoms with Gasteiger partial charge in [-0.3, -0.25) is 4.79 Å². The van der Waals surface area contributed by atoms with Gasteiger partial charge >= 0.3 is 6.03 Å². The van der Waals surface area contributed by atoms with Crippen LogP contribution in [0.1, 0.15) is 31.7 Å². The maximum absolute atomic E-state index is 12.3. The molecule has 1 aliphatic heterocycles. The molecule has 0 bridgehead atoms. The highest BCUT2D eigenvalue weighted by molar-refractivity contribution is 5.88. The lowest BCUT2D eigenvalue weighted by Crippen LogP contribution is -2.52. The number of halogens is 1. The highest BCUT2D eigenvalue weighted by Gasteiger charge is 2.38. The Bertz CT molecular complexity index is 513. The predicted octanol–water partition coefficient (Wildman–Crippen LogP) is 1.75. The van der Waals surface area contributed by atoms with Gasteiger partial charge in [-0.05, 0) is 43.5 Å². The van der Waals surface area contributed by atoms with Gasteiger partial charge in [0.1, 0.15) is 0 Å². The summed E-state index contributed by atoms with van der Waals surface area (Å²) in [6.07, 6.45) is 2.71. The molecule has 1 unspecified atom stereocenters. The quantitative estimate of drug-likeness (QED) is 0.663. The van der Waals surface area contributed by atoms with Crippen LogP contribution in [0.5, 0.6) is 0 Å². The van der Waals surface area contributed by atoms with Crippen molar-refractivity contribution in [2.45, 2.75) is 38.3 Å². The van der Waals surface area contributed by atoms with Crippen LogP contribution < -0.4 is 21.7 Å². The largest absolute Gasteiger partial charge is 0.351 e. The number of hydrogen-bond acceptors (Lipinski definition) is 3. The summed E-state index contributed by atoms with van der Waals surface area (Å²) in [5, 5.41) is 8.79. The Morgan fingerprint density at radius 1 is 1.32 bits per heavy atom. The lowest BCUT2D eigenvalue weighted by molar-refractivity contribution is -0.127. The second-order valence-corrected chi connectivity index (χ2v) is 5.33. The monoisotopic (exact) mass is 326 g/mol. The molecule has 2 rings (SSSR count). The van der Waals surface area contributed by atoms with Gasteiger partial charge in [-0.25, -0.2) is 4.79 Å². The molecule has 1 heterocycles. The minimum absolute atomic E-state index is 0. The average Bonchev–Trinajstić information content (AvgIpc) is 2.96. The number of carbonyl (C=O) groups is 2. The molecule has 5 N–H and O–H groups in total. The number of nitrogens with one attached hydrogen (secondary N) is 3. The zero-order valence-corrected chi connectivity index (χ0v) is 13.5. The molecule has 0 spiro atoms. The van der Waals surface area contributed by atoms with E-state index in [1.54, 1.807) is 12.1 Å². The summed E-state index contributed by atoms with van der Waals surface area (Å²) in [7, 11) is 0. The fourth-order valence-corrected chi connectivity index (χ4v) is 2.66. The molecule has 0 aliphatic carbocycles. The number of rotatable bonds is 5. The van der Waals surface area contributed by atoms with E-state index >= 15 is 0 Å². The van der Waals surface area contributed by atoms with Crippen LogP contribution in [0.3, 0.4) is 0 Å². The molecule has 1 aromatic rings. The smallest absolute Gasteiger partial charge is 0.316 e. The number of urea groups is 1. The van der Waals surface area contributed by atoms with Gasteiger partial charge in [0.15, 0.2) is 0 Å². The van der Waals surface area contributed by atoms with Crippen LogP contribution in [0.2, 0.25) is 0 Å². The topological polar surface area (TPSA) is 96.2 Å². The van der Waals surface area contributed by atoms with Crippen molar-refractivity contribution in [2.75, 3.05) is 11.9 Å². The fraction of sp³-hybridized carbons (Fsp3) is 0.467. The lowest BCUT2D eigenvalue weighted by Gasteiger charge is -2.26. The number of anilines is 1. The van der Waals surface area contributed by atoms with Crippen molar-refractivity contribution in [3.8, 4) is 0 Å². The predicted molar refractivity (Wildman–Crippen MR) is 89.0 cm³/mol. The van der Waals surface area contributed by atoms with E-state index < -0.39 is 11.6 Å². The van der Waals surface area contributed by atoms with Gasteiger partial charge in [0, 0.05) is 12.2 Å². The second-order valence-electron chi connectivity index (χ2n) is 5.33. The molecule has 6 nitrogen and oxygen atoms in total. The SMILES string of the molecule is CCC1(C(=O)NCc2ccc(NC(N)=O)cc2)CCCN1.Cl. The first-order valence-corrected chi connectivity index (χ1v) is 7.24. The molecule has 0 aromatic heterocycles. The van der Waals surface area contributed by atoms with Crippen molar-refractivity contribution in [2.24, 2.45) is 5.73 Å². The second kappa shape index (κ2) is 8.00. The van der Waals surface area contributed by atoms with Crippen LogP contribution in [-0.4, -0.2) is 24.0 Å². The van der Waals surface area contributed by atoms with Gasteiger partial charge in [0.05, 0.1) is 5.54 Å². The molecule has 0 radical (unpaired) electrons. The Morgan fingerprint density at radius 2 is 2.00 bits per heavy atom. The van der Waals surface area contributed by atoms with Crippen LogP contribution in [0.15, 0.2) is 24.3 Å². The molecular weight excluding hydrogens is 304 g/mol. The highest BCUT2D eigenvalue weighted by Crippen LogP contribution is 2.23. The molecule has 3 amide bonds. The van der Waals surface area contributed by atoms with Gasteiger partial charge in [0.2, 0.25) is 5.91 Å². The Labute approximate surface area is 136 Å². The van der Waals surface area contributed by atoms with Gasteiger partial charge < -0.3 is 21.7 Å². The molecular formula is C15H23ClN4O2. The third kappa shape index (κ3) is 4.35. The highest BCUT2D eigenvalue weighted by atomic mass is 35.5. The molecule has 1 fully saturated rings. The van der Waals surface area contributed by atoms with Crippen molar-refractivity contribution in [1.29, 1.82) is 0 Å². The molecule has 1 aromatic carbocycles. The normalized spacial score (nSPS) is 20.0. The van der Waals surface area contributed by atoms with E-state index in [-0.39, 0.29) is 18.3 Å². The zero-order valence-electron chi connectivity index (χ0n) is 12.6. The van der Waals surface area contributed by atoms with E-state index in [1.165, 1.54) is 0 Å². The summed E-state index contributed by atoms with van der Waals surface area (Å²) < 4.78 is 0. The zero-order chi connectivity index (χ0) is 15.3. The first-order valence-electron chi connectivity index (χ1n) is 7.24. The van der Waals surface area contributed by atoms with E-state index in [0.717, 1.165) is 31.4 Å². The Balaban J connectivity index is 0.00000242. The van der Waals surface area contributed by atoms with Gasteiger partial charge in [-0.15, -0.1) is 12.4 Å². The van der Waals surface area contributed by atoms with Crippen molar-refractivity contribution in [3.05, 3.63) is 29.8 Å². The maximum atomic E-state index is 12.3. The Hall–Kier alpha value is -1.79. The summed E-state index contributed by atoms with van der Waals surface area (Å²) in [6, 6.07) is 6.64. The number of carbonyl (C=O) groups excluding carboxylic acids is 2. The summed E-state index contributed by atoms with van der Waals surface area (Å²) in [5.74, 6) is 0.0573. The average molecular weight is 327 g/mol. The first kappa shape index (κ1) is 18.3. The first-order chi connectivity index (χ1) is 10.1. The van der Waals surface area contributed by atoms with E-state index in [9.17, 15) is 9.59 Å². The Morgan fingerprint density at radius 3 is 2.50 bits per heavy atom. The number of benzene rings is 1.